The van der Waals surface area contributed by atoms with E-state index in [1.54, 1.807) is 0 Å². The maximum Gasteiger partial charge on any atom is 0.0372 e. The van der Waals surface area contributed by atoms with E-state index >= 15 is 0 Å². The molecule has 1 radical (unpaired) electrons. The Morgan fingerprint density at radius 2 is 2.50 bits per heavy atom. The first-order valence-corrected chi connectivity index (χ1v) is 4.57. The lowest BCUT2D eigenvalue weighted by molar-refractivity contribution is 0.659. The van der Waals surface area contributed by atoms with Gasteiger partial charge < -0.3 is 4.90 Å². The Balaban J connectivity index is 2.11. The summed E-state index contributed by atoms with van der Waals surface area (Å²) >= 11 is 0. The van der Waals surface area contributed by atoms with Gasteiger partial charge in [-0.3, -0.25) is 0 Å². The number of benzene rings is 1. The standard InChI is InChI=1S/C11H14N/c1-10-7-8-12(9-10)11-5-3-2-4-6-11/h2-3,5-6,10H,7-9H2,1H3/t10-/m0/s1. The molecule has 0 N–H and O–H groups in total. The quantitative estimate of drug-likeness (QED) is 0.609. The van der Waals surface area contributed by atoms with Crippen molar-refractivity contribution in [3.05, 3.63) is 30.3 Å². The van der Waals surface area contributed by atoms with Crippen LogP contribution < -0.4 is 4.90 Å². The fourth-order valence-corrected chi connectivity index (χ4v) is 1.75. The number of anilines is 1. The van der Waals surface area contributed by atoms with E-state index in [9.17, 15) is 0 Å². The highest BCUT2D eigenvalue weighted by Gasteiger charge is 2.17. The Hall–Kier alpha value is -0.980. The molecular formula is C11H14N. The van der Waals surface area contributed by atoms with Crippen molar-refractivity contribution in [2.45, 2.75) is 13.3 Å². The third-order valence-electron chi connectivity index (χ3n) is 2.48. The predicted molar refractivity (Wildman–Crippen MR) is 51.3 cm³/mol. The van der Waals surface area contributed by atoms with E-state index in [4.69, 9.17) is 0 Å². The molecule has 0 amide bonds. The second-order valence-corrected chi connectivity index (χ2v) is 3.60. The normalized spacial score (nSPS) is 23.1. The number of hydrogen-bond donors (Lipinski definition) is 0. The Labute approximate surface area is 74.0 Å². The molecule has 0 unspecified atom stereocenters. The molecule has 1 nitrogen and oxygen atoms in total. The molecule has 1 aliphatic rings. The lowest BCUT2D eigenvalue weighted by Gasteiger charge is -2.17. The monoisotopic (exact) mass is 160 g/mol. The molecule has 0 aliphatic carbocycles. The number of nitrogens with zero attached hydrogens (tertiary/aromatic N) is 1. The van der Waals surface area contributed by atoms with E-state index in [1.807, 2.05) is 6.07 Å². The van der Waals surface area contributed by atoms with Crippen LogP contribution in [0.25, 0.3) is 0 Å². The van der Waals surface area contributed by atoms with E-state index in [0.29, 0.717) is 0 Å². The van der Waals surface area contributed by atoms with Gasteiger partial charge in [-0.05, 0) is 30.5 Å². The molecule has 1 heterocycles. The summed E-state index contributed by atoms with van der Waals surface area (Å²) < 4.78 is 0. The van der Waals surface area contributed by atoms with Crippen LogP contribution >= 0.6 is 0 Å². The van der Waals surface area contributed by atoms with Crippen LogP contribution in [0.15, 0.2) is 24.3 Å². The van der Waals surface area contributed by atoms with Crippen molar-refractivity contribution in [3.8, 4) is 0 Å². The molecule has 2 rings (SSSR count). The average molecular weight is 160 g/mol. The Kier molecular flexibility index (Phi) is 2.03. The van der Waals surface area contributed by atoms with Gasteiger partial charge >= 0.3 is 0 Å². The maximum absolute atomic E-state index is 3.11. The van der Waals surface area contributed by atoms with Crippen molar-refractivity contribution in [1.29, 1.82) is 0 Å². The zero-order valence-corrected chi connectivity index (χ0v) is 7.46. The van der Waals surface area contributed by atoms with E-state index < -0.39 is 0 Å². The molecule has 0 bridgehead atoms. The third-order valence-corrected chi connectivity index (χ3v) is 2.48. The first-order valence-electron chi connectivity index (χ1n) is 4.57. The molecule has 1 aliphatic heterocycles. The molecule has 0 aromatic heterocycles. The van der Waals surface area contributed by atoms with Gasteiger partial charge in [-0.15, -0.1) is 0 Å². The molecule has 0 saturated carbocycles. The van der Waals surface area contributed by atoms with Crippen molar-refractivity contribution >= 4 is 5.69 Å². The van der Waals surface area contributed by atoms with E-state index in [2.05, 4.69) is 36.1 Å². The van der Waals surface area contributed by atoms with Gasteiger partial charge in [0.1, 0.15) is 0 Å². The van der Waals surface area contributed by atoms with Crippen LogP contribution in [0.2, 0.25) is 0 Å². The van der Waals surface area contributed by atoms with E-state index in [-0.39, 0.29) is 0 Å². The van der Waals surface area contributed by atoms with Crippen molar-refractivity contribution in [2.24, 2.45) is 5.92 Å². The van der Waals surface area contributed by atoms with Gasteiger partial charge in [-0.1, -0.05) is 19.1 Å². The van der Waals surface area contributed by atoms with Crippen molar-refractivity contribution in [1.82, 2.24) is 0 Å². The van der Waals surface area contributed by atoms with Gasteiger partial charge in [0.25, 0.3) is 0 Å². The summed E-state index contributed by atoms with van der Waals surface area (Å²) in [5.74, 6) is 0.852. The molecule has 1 heteroatoms. The maximum atomic E-state index is 3.11. The average Bonchev–Trinajstić information content (AvgIpc) is 2.54. The van der Waals surface area contributed by atoms with Crippen LogP contribution in [0.4, 0.5) is 5.69 Å². The fraction of sp³-hybridized carbons (Fsp3) is 0.455. The van der Waals surface area contributed by atoms with Crippen molar-refractivity contribution < 1.29 is 0 Å². The van der Waals surface area contributed by atoms with Crippen LogP contribution in [0.3, 0.4) is 0 Å². The molecular weight excluding hydrogens is 146 g/mol. The Morgan fingerprint density at radius 3 is 3.08 bits per heavy atom. The van der Waals surface area contributed by atoms with Crippen LogP contribution in [0.1, 0.15) is 13.3 Å². The van der Waals surface area contributed by atoms with Crippen LogP contribution in [-0.2, 0) is 0 Å². The van der Waals surface area contributed by atoms with Gasteiger partial charge in [0.05, 0.1) is 0 Å². The molecule has 1 saturated heterocycles. The summed E-state index contributed by atoms with van der Waals surface area (Å²) in [4.78, 5) is 2.43. The minimum absolute atomic E-state index is 0.852. The third kappa shape index (κ3) is 1.45. The highest BCUT2D eigenvalue weighted by atomic mass is 15.1. The smallest absolute Gasteiger partial charge is 0.0372 e. The molecule has 1 atom stereocenters. The molecule has 0 spiro atoms. The van der Waals surface area contributed by atoms with Crippen molar-refractivity contribution in [3.63, 3.8) is 0 Å². The minimum atomic E-state index is 0.852. The summed E-state index contributed by atoms with van der Waals surface area (Å²) in [5, 5.41) is 0. The summed E-state index contributed by atoms with van der Waals surface area (Å²) in [5.41, 5.74) is 1.32. The highest BCUT2D eigenvalue weighted by Crippen LogP contribution is 2.22. The Bertz CT molecular complexity index is 242. The topological polar surface area (TPSA) is 3.24 Å². The first kappa shape index (κ1) is 7.66. The Morgan fingerprint density at radius 1 is 1.58 bits per heavy atom. The first-order chi connectivity index (χ1) is 5.86. The van der Waals surface area contributed by atoms with Gasteiger partial charge in [-0.2, -0.15) is 0 Å². The molecule has 1 aromatic carbocycles. The predicted octanol–water partition coefficient (Wildman–Crippen LogP) is 2.33. The fourth-order valence-electron chi connectivity index (χ4n) is 1.75. The summed E-state index contributed by atoms with van der Waals surface area (Å²) in [6.07, 6.45) is 1.33. The summed E-state index contributed by atoms with van der Waals surface area (Å²) in [6, 6.07) is 11.3. The zero-order chi connectivity index (χ0) is 8.39. The van der Waals surface area contributed by atoms with Gasteiger partial charge in [0, 0.05) is 18.8 Å². The largest absolute Gasteiger partial charge is 0.371 e. The molecule has 1 fully saturated rings. The lowest BCUT2D eigenvalue weighted by Crippen LogP contribution is -2.18. The van der Waals surface area contributed by atoms with E-state index in [1.165, 1.54) is 25.2 Å². The summed E-state index contributed by atoms with van der Waals surface area (Å²) in [6.45, 7) is 4.73. The second kappa shape index (κ2) is 3.18. The van der Waals surface area contributed by atoms with Crippen molar-refractivity contribution in [2.75, 3.05) is 18.0 Å². The zero-order valence-electron chi connectivity index (χ0n) is 7.46. The molecule has 63 valence electrons. The number of rotatable bonds is 1. The molecule has 1 aromatic rings. The van der Waals surface area contributed by atoms with E-state index in [0.717, 1.165) is 5.92 Å². The second-order valence-electron chi connectivity index (χ2n) is 3.60. The van der Waals surface area contributed by atoms with Crippen LogP contribution in [0.5, 0.6) is 0 Å². The summed E-state index contributed by atoms with van der Waals surface area (Å²) in [7, 11) is 0. The lowest BCUT2D eigenvalue weighted by atomic mass is 10.2. The van der Waals surface area contributed by atoms with Gasteiger partial charge in [-0.25, -0.2) is 0 Å². The van der Waals surface area contributed by atoms with Crippen LogP contribution in [0, 0.1) is 12.0 Å². The van der Waals surface area contributed by atoms with Gasteiger partial charge in [0.2, 0.25) is 0 Å². The highest BCUT2D eigenvalue weighted by molar-refractivity contribution is 5.46. The van der Waals surface area contributed by atoms with Crippen LogP contribution in [-0.4, -0.2) is 13.1 Å². The van der Waals surface area contributed by atoms with Gasteiger partial charge in [0.15, 0.2) is 0 Å². The minimum Gasteiger partial charge on any atom is -0.371 e. The molecule has 12 heavy (non-hydrogen) atoms. The SMILES string of the molecule is C[C@H]1CCN(c2c[c]ccc2)C1. The number of hydrogen-bond acceptors (Lipinski definition) is 1.